The number of carbonyl (C=O) groups excluding carboxylic acids is 1. The molecule has 3 aromatic rings. The van der Waals surface area contributed by atoms with Crippen molar-refractivity contribution in [3.63, 3.8) is 0 Å². The number of thioether (sulfide) groups is 1. The lowest BCUT2D eigenvalue weighted by Gasteiger charge is -2.13. The van der Waals surface area contributed by atoms with Crippen molar-refractivity contribution in [2.75, 3.05) is 5.75 Å². The minimum Gasteiger partial charge on any atom is -0.411 e. The molecule has 0 radical (unpaired) electrons. The molecule has 1 atom stereocenters. The van der Waals surface area contributed by atoms with Gasteiger partial charge < -0.3 is 9.73 Å². The Bertz CT molecular complexity index is 902. The molecule has 0 unspecified atom stereocenters. The van der Waals surface area contributed by atoms with Gasteiger partial charge in [-0.1, -0.05) is 65.3 Å². The molecule has 26 heavy (non-hydrogen) atoms. The van der Waals surface area contributed by atoms with E-state index in [0.717, 1.165) is 5.56 Å². The summed E-state index contributed by atoms with van der Waals surface area (Å²) >= 11 is 13.2. The average Bonchev–Trinajstić information content (AvgIpc) is 3.09. The van der Waals surface area contributed by atoms with Gasteiger partial charge in [-0.15, -0.1) is 10.2 Å². The highest BCUT2D eigenvalue weighted by molar-refractivity contribution is 7.99. The van der Waals surface area contributed by atoms with Crippen molar-refractivity contribution >= 4 is 40.9 Å². The standard InChI is InChI=1S/C18H15Cl2N3O2S/c1-11(12-5-3-2-4-6-12)21-16(24)10-26-18-23-22-17(25-18)14-8-7-13(19)9-15(14)20/h2-9,11H,10H2,1H3,(H,21,24)/t11-/m1/s1. The van der Waals surface area contributed by atoms with Crippen LogP contribution in [0.15, 0.2) is 58.2 Å². The van der Waals surface area contributed by atoms with Gasteiger partial charge in [0, 0.05) is 5.02 Å². The van der Waals surface area contributed by atoms with Gasteiger partial charge in [0.1, 0.15) is 0 Å². The maximum Gasteiger partial charge on any atom is 0.277 e. The molecule has 1 heterocycles. The Balaban J connectivity index is 1.57. The summed E-state index contributed by atoms with van der Waals surface area (Å²) in [4.78, 5) is 12.1. The predicted octanol–water partition coefficient (Wildman–Crippen LogP) is 5.01. The Morgan fingerprint density at radius 3 is 2.69 bits per heavy atom. The molecule has 0 spiro atoms. The highest BCUT2D eigenvalue weighted by Gasteiger charge is 2.15. The van der Waals surface area contributed by atoms with Crippen molar-refractivity contribution in [1.82, 2.24) is 15.5 Å². The summed E-state index contributed by atoms with van der Waals surface area (Å²) in [5.41, 5.74) is 1.64. The molecule has 2 aromatic carbocycles. The number of hydrogen-bond acceptors (Lipinski definition) is 5. The largest absolute Gasteiger partial charge is 0.411 e. The minimum absolute atomic E-state index is 0.0737. The summed E-state index contributed by atoms with van der Waals surface area (Å²) in [5, 5.41) is 12.1. The van der Waals surface area contributed by atoms with Crippen molar-refractivity contribution in [1.29, 1.82) is 0 Å². The lowest BCUT2D eigenvalue weighted by molar-refractivity contribution is -0.119. The molecule has 1 N–H and O–H groups in total. The van der Waals surface area contributed by atoms with Crippen LogP contribution in [-0.2, 0) is 4.79 Å². The van der Waals surface area contributed by atoms with E-state index in [4.69, 9.17) is 27.6 Å². The van der Waals surface area contributed by atoms with E-state index in [1.54, 1.807) is 18.2 Å². The molecule has 3 rings (SSSR count). The van der Waals surface area contributed by atoms with Crippen LogP contribution in [0.2, 0.25) is 10.0 Å². The summed E-state index contributed by atoms with van der Waals surface area (Å²) in [6, 6.07) is 14.7. The van der Waals surface area contributed by atoms with Crippen molar-refractivity contribution in [2.45, 2.75) is 18.2 Å². The predicted molar refractivity (Wildman–Crippen MR) is 103 cm³/mol. The third-order valence-corrected chi connectivity index (χ3v) is 4.94. The van der Waals surface area contributed by atoms with Gasteiger partial charge >= 0.3 is 0 Å². The highest BCUT2D eigenvalue weighted by atomic mass is 35.5. The van der Waals surface area contributed by atoms with E-state index in [9.17, 15) is 4.79 Å². The number of hydrogen-bond donors (Lipinski definition) is 1. The van der Waals surface area contributed by atoms with Gasteiger partial charge in [0.05, 0.1) is 22.4 Å². The molecular weight excluding hydrogens is 393 g/mol. The van der Waals surface area contributed by atoms with Gasteiger partial charge in [-0.2, -0.15) is 0 Å². The van der Waals surface area contributed by atoms with E-state index in [-0.39, 0.29) is 23.6 Å². The molecule has 5 nitrogen and oxygen atoms in total. The Morgan fingerprint density at radius 2 is 1.96 bits per heavy atom. The molecule has 0 saturated heterocycles. The second-order valence-electron chi connectivity index (χ2n) is 5.49. The van der Waals surface area contributed by atoms with Crippen LogP contribution in [0.3, 0.4) is 0 Å². The van der Waals surface area contributed by atoms with E-state index in [1.807, 2.05) is 37.3 Å². The number of benzene rings is 2. The van der Waals surface area contributed by atoms with E-state index in [2.05, 4.69) is 15.5 Å². The summed E-state index contributed by atoms with van der Waals surface area (Å²) in [7, 11) is 0. The molecule has 8 heteroatoms. The second-order valence-corrected chi connectivity index (χ2v) is 7.26. The van der Waals surface area contributed by atoms with Crippen LogP contribution in [-0.4, -0.2) is 21.9 Å². The number of nitrogens with zero attached hydrogens (tertiary/aromatic N) is 2. The van der Waals surface area contributed by atoms with Crippen molar-refractivity contribution in [2.24, 2.45) is 0 Å². The van der Waals surface area contributed by atoms with Gasteiger partial charge in [0.25, 0.3) is 5.22 Å². The van der Waals surface area contributed by atoms with Crippen molar-refractivity contribution < 1.29 is 9.21 Å². The van der Waals surface area contributed by atoms with E-state index < -0.39 is 0 Å². The van der Waals surface area contributed by atoms with Gasteiger partial charge in [0.15, 0.2) is 0 Å². The summed E-state index contributed by atoms with van der Waals surface area (Å²) in [5.74, 6) is 0.343. The SMILES string of the molecule is C[C@@H](NC(=O)CSc1nnc(-c2ccc(Cl)cc2Cl)o1)c1ccccc1. The number of amides is 1. The first-order valence-corrected chi connectivity index (χ1v) is 9.53. The number of rotatable bonds is 6. The van der Waals surface area contributed by atoms with Gasteiger partial charge in [-0.25, -0.2) is 0 Å². The van der Waals surface area contributed by atoms with Crippen LogP contribution < -0.4 is 5.32 Å². The zero-order valence-electron chi connectivity index (χ0n) is 13.8. The van der Waals surface area contributed by atoms with Crippen LogP contribution in [0.4, 0.5) is 0 Å². The Hall–Kier alpha value is -2.02. The number of aromatic nitrogens is 2. The molecule has 0 bridgehead atoms. The molecule has 0 aliphatic carbocycles. The van der Waals surface area contributed by atoms with Crippen molar-refractivity contribution in [3.05, 3.63) is 64.1 Å². The van der Waals surface area contributed by atoms with Gasteiger partial charge in [-0.3, -0.25) is 4.79 Å². The average molecular weight is 408 g/mol. The number of carbonyl (C=O) groups is 1. The fourth-order valence-electron chi connectivity index (χ4n) is 2.28. The van der Waals surface area contributed by atoms with Crippen molar-refractivity contribution in [3.8, 4) is 11.5 Å². The summed E-state index contributed by atoms with van der Waals surface area (Å²) < 4.78 is 5.56. The third kappa shape index (κ3) is 4.78. The number of halogens is 2. The second kappa shape index (κ2) is 8.58. The maximum atomic E-state index is 12.1. The molecule has 0 saturated carbocycles. The van der Waals surface area contributed by atoms with E-state index >= 15 is 0 Å². The lowest BCUT2D eigenvalue weighted by atomic mass is 10.1. The minimum atomic E-state index is -0.115. The van der Waals surface area contributed by atoms with Crippen LogP contribution in [0.25, 0.3) is 11.5 Å². The molecule has 0 aliphatic rings. The first-order valence-electron chi connectivity index (χ1n) is 7.79. The molecule has 0 fully saturated rings. The maximum absolute atomic E-state index is 12.1. The highest BCUT2D eigenvalue weighted by Crippen LogP contribution is 2.31. The van der Waals surface area contributed by atoms with Crippen LogP contribution >= 0.6 is 35.0 Å². The first-order chi connectivity index (χ1) is 12.5. The van der Waals surface area contributed by atoms with E-state index in [0.29, 0.717) is 20.8 Å². The number of nitrogens with one attached hydrogen (secondary N) is 1. The van der Waals surface area contributed by atoms with Crippen LogP contribution in [0.1, 0.15) is 18.5 Å². The topological polar surface area (TPSA) is 68.0 Å². The lowest BCUT2D eigenvalue weighted by Crippen LogP contribution is -2.28. The molecule has 134 valence electrons. The Labute approximate surface area is 165 Å². The van der Waals surface area contributed by atoms with Gasteiger partial charge in [-0.05, 0) is 30.7 Å². The Kier molecular flexibility index (Phi) is 6.19. The van der Waals surface area contributed by atoms with Gasteiger partial charge in [0.2, 0.25) is 11.8 Å². The summed E-state index contributed by atoms with van der Waals surface area (Å²) in [6.45, 7) is 1.94. The zero-order chi connectivity index (χ0) is 18.5. The Morgan fingerprint density at radius 1 is 1.19 bits per heavy atom. The quantitative estimate of drug-likeness (QED) is 0.581. The smallest absolute Gasteiger partial charge is 0.277 e. The molecule has 1 aromatic heterocycles. The van der Waals surface area contributed by atoms with E-state index in [1.165, 1.54) is 11.8 Å². The monoisotopic (exact) mass is 407 g/mol. The van der Waals surface area contributed by atoms with Crippen LogP contribution in [0.5, 0.6) is 0 Å². The fourth-order valence-corrected chi connectivity index (χ4v) is 3.34. The zero-order valence-corrected chi connectivity index (χ0v) is 16.1. The molecule has 1 amide bonds. The third-order valence-electron chi connectivity index (χ3n) is 3.57. The first kappa shape index (κ1) is 18.8. The normalized spacial score (nSPS) is 12.0. The van der Waals surface area contributed by atoms with Crippen LogP contribution in [0, 0.1) is 0 Å². The molecule has 0 aliphatic heterocycles. The molecular formula is C18H15Cl2N3O2S. The fraction of sp³-hybridized carbons (Fsp3) is 0.167. The summed E-state index contributed by atoms with van der Waals surface area (Å²) in [6.07, 6.45) is 0.